The fourth-order valence-corrected chi connectivity index (χ4v) is 1.47. The molecule has 0 unspecified atom stereocenters. The van der Waals surface area contributed by atoms with Gasteiger partial charge in [0.25, 0.3) is 0 Å². The molecule has 0 saturated heterocycles. The lowest BCUT2D eigenvalue weighted by molar-refractivity contribution is 0.424. The number of benzene rings is 1. The molecule has 0 aliphatic heterocycles. The molecular formula is C6H5N3O3S. The van der Waals surface area contributed by atoms with E-state index in [0.717, 1.165) is 0 Å². The van der Waals surface area contributed by atoms with Crippen molar-refractivity contribution in [2.24, 2.45) is 5.14 Å². The van der Waals surface area contributed by atoms with Crippen molar-refractivity contribution >= 4 is 21.1 Å². The molecule has 0 saturated carbocycles. The summed E-state index contributed by atoms with van der Waals surface area (Å²) in [6.07, 6.45) is 0. The molecule has 1 aromatic heterocycles. The maximum Gasteiger partial charge on any atom is 0.238 e. The van der Waals surface area contributed by atoms with Crippen LogP contribution in [0.15, 0.2) is 27.6 Å². The minimum absolute atomic E-state index is 0.00398. The molecule has 68 valence electrons. The van der Waals surface area contributed by atoms with Crippen LogP contribution in [0.1, 0.15) is 0 Å². The summed E-state index contributed by atoms with van der Waals surface area (Å²) in [7, 11) is -3.68. The molecule has 0 amide bonds. The fourth-order valence-electron chi connectivity index (χ4n) is 0.938. The monoisotopic (exact) mass is 199 g/mol. The minimum Gasteiger partial charge on any atom is -0.337 e. The Bertz CT molecular complexity index is 545. The lowest BCUT2D eigenvalue weighted by Crippen LogP contribution is -2.11. The number of primary sulfonamides is 1. The molecule has 0 spiro atoms. The van der Waals surface area contributed by atoms with Crippen LogP contribution in [0.25, 0.3) is 11.1 Å². The summed E-state index contributed by atoms with van der Waals surface area (Å²) < 4.78 is 26.5. The number of sulfonamides is 1. The number of fused-ring (bicyclic) bond motifs is 1. The van der Waals surface area contributed by atoms with Crippen LogP contribution in [-0.2, 0) is 10.0 Å². The molecule has 0 aliphatic rings. The van der Waals surface area contributed by atoms with Crippen molar-refractivity contribution in [1.82, 2.24) is 10.4 Å². The number of hydrogen-bond donors (Lipinski definition) is 1. The van der Waals surface area contributed by atoms with Gasteiger partial charge in [-0.25, -0.2) is 13.6 Å². The SMILES string of the molecule is NS(=O)(=O)c1ccc2onnc2c1. The summed E-state index contributed by atoms with van der Waals surface area (Å²) >= 11 is 0. The standard InChI is InChI=1S/C6H5N3O3S/c7-13(10,11)4-1-2-6-5(3-4)8-9-12-6/h1-3H,(H2,7,10,11). The van der Waals surface area contributed by atoms with Crippen LogP contribution in [0, 0.1) is 0 Å². The average molecular weight is 199 g/mol. The van der Waals surface area contributed by atoms with Gasteiger partial charge in [-0.2, -0.15) is 0 Å². The minimum atomic E-state index is -3.68. The Labute approximate surface area is 73.4 Å². The van der Waals surface area contributed by atoms with E-state index in [4.69, 9.17) is 5.14 Å². The third kappa shape index (κ3) is 1.38. The van der Waals surface area contributed by atoms with E-state index in [2.05, 4.69) is 14.9 Å². The maximum absolute atomic E-state index is 10.9. The first-order valence-electron chi connectivity index (χ1n) is 3.32. The topological polar surface area (TPSA) is 99.1 Å². The van der Waals surface area contributed by atoms with Gasteiger partial charge in [0.2, 0.25) is 10.0 Å². The number of aromatic nitrogens is 2. The van der Waals surface area contributed by atoms with Gasteiger partial charge in [0.05, 0.1) is 4.90 Å². The van der Waals surface area contributed by atoms with E-state index >= 15 is 0 Å². The molecule has 13 heavy (non-hydrogen) atoms. The fraction of sp³-hybridized carbons (Fsp3) is 0. The van der Waals surface area contributed by atoms with Crippen LogP contribution in [0.4, 0.5) is 0 Å². The second kappa shape index (κ2) is 2.51. The number of rotatable bonds is 1. The summed E-state index contributed by atoms with van der Waals surface area (Å²) in [6.45, 7) is 0. The van der Waals surface area contributed by atoms with Crippen LogP contribution >= 0.6 is 0 Å². The Morgan fingerprint density at radius 1 is 1.38 bits per heavy atom. The zero-order valence-corrected chi connectivity index (χ0v) is 7.15. The van der Waals surface area contributed by atoms with Crippen LogP contribution in [-0.4, -0.2) is 18.8 Å². The van der Waals surface area contributed by atoms with Gasteiger partial charge in [0.15, 0.2) is 5.58 Å². The van der Waals surface area contributed by atoms with Gasteiger partial charge >= 0.3 is 0 Å². The molecular weight excluding hydrogens is 194 g/mol. The zero-order chi connectivity index (χ0) is 9.47. The Kier molecular flexibility index (Phi) is 1.57. The van der Waals surface area contributed by atoms with Gasteiger partial charge in [-0.3, -0.25) is 0 Å². The molecule has 0 aliphatic carbocycles. The lowest BCUT2D eigenvalue weighted by Gasteiger charge is -1.94. The average Bonchev–Trinajstić information content (AvgIpc) is 2.47. The molecule has 2 N–H and O–H groups in total. The summed E-state index contributed by atoms with van der Waals surface area (Å²) in [5.74, 6) is 0. The van der Waals surface area contributed by atoms with Crippen molar-refractivity contribution in [1.29, 1.82) is 0 Å². The van der Waals surface area contributed by atoms with E-state index in [1.165, 1.54) is 18.2 Å². The number of nitrogens with zero attached hydrogens (tertiary/aromatic N) is 2. The van der Waals surface area contributed by atoms with Crippen LogP contribution < -0.4 is 5.14 Å². The summed E-state index contributed by atoms with van der Waals surface area (Å²) in [4.78, 5) is -0.00398. The maximum atomic E-state index is 10.9. The molecule has 2 aromatic rings. The van der Waals surface area contributed by atoms with Crippen molar-refractivity contribution in [3.05, 3.63) is 18.2 Å². The highest BCUT2D eigenvalue weighted by Gasteiger charge is 2.09. The Balaban J connectivity index is 2.75. The second-order valence-electron chi connectivity index (χ2n) is 2.45. The lowest BCUT2D eigenvalue weighted by atomic mass is 10.3. The van der Waals surface area contributed by atoms with Crippen molar-refractivity contribution < 1.29 is 12.9 Å². The number of nitrogens with two attached hydrogens (primary N) is 1. The quantitative estimate of drug-likeness (QED) is 0.689. The van der Waals surface area contributed by atoms with Crippen molar-refractivity contribution in [3.8, 4) is 0 Å². The normalized spacial score (nSPS) is 12.1. The van der Waals surface area contributed by atoms with Crippen LogP contribution in [0.5, 0.6) is 0 Å². The van der Waals surface area contributed by atoms with E-state index in [1.54, 1.807) is 0 Å². The zero-order valence-electron chi connectivity index (χ0n) is 6.34. The molecule has 0 atom stereocenters. The largest absolute Gasteiger partial charge is 0.337 e. The van der Waals surface area contributed by atoms with Crippen molar-refractivity contribution in [3.63, 3.8) is 0 Å². The van der Waals surface area contributed by atoms with Gasteiger partial charge in [-0.05, 0) is 18.2 Å². The molecule has 0 fully saturated rings. The summed E-state index contributed by atoms with van der Waals surface area (Å²) in [5, 5.41) is 11.7. The van der Waals surface area contributed by atoms with E-state index < -0.39 is 10.0 Å². The van der Waals surface area contributed by atoms with E-state index in [0.29, 0.717) is 11.1 Å². The smallest absolute Gasteiger partial charge is 0.238 e. The first kappa shape index (κ1) is 8.14. The van der Waals surface area contributed by atoms with Gasteiger partial charge in [0.1, 0.15) is 5.52 Å². The molecule has 1 heterocycles. The molecule has 1 aromatic carbocycles. The Morgan fingerprint density at radius 2 is 2.15 bits per heavy atom. The van der Waals surface area contributed by atoms with Gasteiger partial charge in [-0.15, -0.1) is 5.10 Å². The van der Waals surface area contributed by atoms with E-state index in [9.17, 15) is 8.42 Å². The Morgan fingerprint density at radius 3 is 2.85 bits per heavy atom. The van der Waals surface area contributed by atoms with Gasteiger partial charge < -0.3 is 4.52 Å². The van der Waals surface area contributed by atoms with Crippen LogP contribution in [0.3, 0.4) is 0 Å². The molecule has 0 bridgehead atoms. The summed E-state index contributed by atoms with van der Waals surface area (Å²) in [6, 6.07) is 4.10. The van der Waals surface area contributed by atoms with Gasteiger partial charge in [0, 0.05) is 5.27 Å². The highest BCUT2D eigenvalue weighted by atomic mass is 32.2. The second-order valence-corrected chi connectivity index (χ2v) is 4.01. The molecule has 0 radical (unpaired) electrons. The first-order valence-corrected chi connectivity index (χ1v) is 4.87. The summed E-state index contributed by atoms with van der Waals surface area (Å²) in [5.41, 5.74) is 0.791. The van der Waals surface area contributed by atoms with Gasteiger partial charge in [-0.1, -0.05) is 0 Å². The van der Waals surface area contributed by atoms with E-state index in [1.807, 2.05) is 0 Å². The molecule has 7 heteroatoms. The van der Waals surface area contributed by atoms with E-state index in [-0.39, 0.29) is 4.90 Å². The highest BCUT2D eigenvalue weighted by Crippen LogP contribution is 2.15. The number of hydrogen-bond acceptors (Lipinski definition) is 5. The third-order valence-electron chi connectivity index (χ3n) is 1.55. The molecule has 2 rings (SSSR count). The highest BCUT2D eigenvalue weighted by molar-refractivity contribution is 7.89. The predicted molar refractivity (Wildman–Crippen MR) is 43.2 cm³/mol. The van der Waals surface area contributed by atoms with Crippen LogP contribution in [0.2, 0.25) is 0 Å². The third-order valence-corrected chi connectivity index (χ3v) is 2.46. The van der Waals surface area contributed by atoms with Crippen molar-refractivity contribution in [2.75, 3.05) is 0 Å². The predicted octanol–water partition coefficient (Wildman–Crippen LogP) is -0.130. The van der Waals surface area contributed by atoms with Crippen molar-refractivity contribution in [2.45, 2.75) is 4.90 Å². The molecule has 6 nitrogen and oxygen atoms in total. The first-order chi connectivity index (χ1) is 6.07. The Hall–Kier alpha value is -1.47.